The van der Waals surface area contributed by atoms with Crippen molar-refractivity contribution in [3.05, 3.63) is 18.0 Å². The zero-order valence-corrected chi connectivity index (χ0v) is 8.24. The number of amides is 1. The standard InChI is InChI=1S/C9H15N3O/c1-4-7(2)10-9(13)8-5-6-12(3)11-8/h5-7H,4H2,1-3H3,(H,10,13)/t7-/m0/s1. The van der Waals surface area contributed by atoms with Crippen LogP contribution in [0.15, 0.2) is 12.3 Å². The van der Waals surface area contributed by atoms with Gasteiger partial charge in [0.2, 0.25) is 0 Å². The fourth-order valence-corrected chi connectivity index (χ4v) is 0.936. The summed E-state index contributed by atoms with van der Waals surface area (Å²) in [6.07, 6.45) is 2.68. The van der Waals surface area contributed by atoms with Crippen molar-refractivity contribution in [2.45, 2.75) is 26.3 Å². The molecule has 0 aliphatic heterocycles. The highest BCUT2D eigenvalue weighted by Gasteiger charge is 2.10. The molecule has 0 aliphatic rings. The molecule has 72 valence electrons. The van der Waals surface area contributed by atoms with Crippen molar-refractivity contribution in [2.24, 2.45) is 7.05 Å². The van der Waals surface area contributed by atoms with Gasteiger partial charge in [-0.2, -0.15) is 5.10 Å². The second-order valence-corrected chi connectivity index (χ2v) is 3.16. The van der Waals surface area contributed by atoms with Crippen LogP contribution in [0.2, 0.25) is 0 Å². The molecule has 13 heavy (non-hydrogen) atoms. The van der Waals surface area contributed by atoms with Crippen LogP contribution < -0.4 is 5.32 Å². The first-order valence-corrected chi connectivity index (χ1v) is 4.44. The molecule has 1 rings (SSSR count). The molecule has 1 amide bonds. The lowest BCUT2D eigenvalue weighted by molar-refractivity contribution is 0.0933. The molecule has 1 atom stereocenters. The summed E-state index contributed by atoms with van der Waals surface area (Å²) < 4.78 is 1.62. The van der Waals surface area contributed by atoms with Crippen molar-refractivity contribution >= 4 is 5.91 Å². The van der Waals surface area contributed by atoms with Gasteiger partial charge >= 0.3 is 0 Å². The second kappa shape index (κ2) is 4.07. The molecule has 1 N–H and O–H groups in total. The number of nitrogens with one attached hydrogen (secondary N) is 1. The zero-order valence-electron chi connectivity index (χ0n) is 8.24. The maximum absolute atomic E-state index is 11.4. The van der Waals surface area contributed by atoms with Gasteiger partial charge in [-0.3, -0.25) is 9.48 Å². The van der Waals surface area contributed by atoms with Crippen LogP contribution >= 0.6 is 0 Å². The third kappa shape index (κ3) is 2.57. The van der Waals surface area contributed by atoms with Gasteiger partial charge in [0, 0.05) is 19.3 Å². The monoisotopic (exact) mass is 181 g/mol. The SMILES string of the molecule is CC[C@H](C)NC(=O)c1ccn(C)n1. The Kier molecular flexibility index (Phi) is 3.06. The molecule has 1 aromatic heterocycles. The lowest BCUT2D eigenvalue weighted by Gasteiger charge is -2.09. The summed E-state index contributed by atoms with van der Waals surface area (Å²) in [5.74, 6) is -0.102. The van der Waals surface area contributed by atoms with Crippen LogP contribution in [0.5, 0.6) is 0 Å². The summed E-state index contributed by atoms with van der Waals surface area (Å²) in [6, 6.07) is 1.91. The van der Waals surface area contributed by atoms with E-state index < -0.39 is 0 Å². The quantitative estimate of drug-likeness (QED) is 0.754. The van der Waals surface area contributed by atoms with Gasteiger partial charge in [0.05, 0.1) is 0 Å². The average Bonchev–Trinajstić information content (AvgIpc) is 2.51. The molecule has 0 saturated carbocycles. The lowest BCUT2D eigenvalue weighted by Crippen LogP contribution is -2.32. The Morgan fingerprint density at radius 1 is 1.77 bits per heavy atom. The smallest absolute Gasteiger partial charge is 0.271 e. The number of rotatable bonds is 3. The van der Waals surface area contributed by atoms with Crippen molar-refractivity contribution in [2.75, 3.05) is 0 Å². The molecule has 0 aromatic carbocycles. The molecule has 0 radical (unpaired) electrons. The third-order valence-electron chi connectivity index (χ3n) is 1.94. The van der Waals surface area contributed by atoms with E-state index in [1.165, 1.54) is 0 Å². The summed E-state index contributed by atoms with van der Waals surface area (Å²) in [7, 11) is 1.79. The van der Waals surface area contributed by atoms with Gasteiger partial charge < -0.3 is 5.32 Å². The van der Waals surface area contributed by atoms with Gasteiger partial charge in [-0.05, 0) is 19.4 Å². The van der Waals surface area contributed by atoms with Gasteiger partial charge in [-0.15, -0.1) is 0 Å². The lowest BCUT2D eigenvalue weighted by atomic mass is 10.2. The van der Waals surface area contributed by atoms with Gasteiger partial charge in [0.25, 0.3) is 5.91 Å². The normalized spacial score (nSPS) is 12.5. The van der Waals surface area contributed by atoms with E-state index >= 15 is 0 Å². The van der Waals surface area contributed by atoms with Crippen molar-refractivity contribution in [3.63, 3.8) is 0 Å². The van der Waals surface area contributed by atoms with Crippen LogP contribution in [0.3, 0.4) is 0 Å². The highest BCUT2D eigenvalue weighted by atomic mass is 16.2. The van der Waals surface area contributed by atoms with E-state index in [1.54, 1.807) is 24.0 Å². The van der Waals surface area contributed by atoms with E-state index in [-0.39, 0.29) is 11.9 Å². The summed E-state index contributed by atoms with van der Waals surface area (Å²) in [5.41, 5.74) is 0.475. The van der Waals surface area contributed by atoms with Crippen LogP contribution in [0, 0.1) is 0 Å². The van der Waals surface area contributed by atoms with Crippen molar-refractivity contribution in [1.29, 1.82) is 0 Å². The van der Waals surface area contributed by atoms with Gasteiger partial charge in [-0.1, -0.05) is 6.92 Å². The fraction of sp³-hybridized carbons (Fsp3) is 0.556. The van der Waals surface area contributed by atoms with E-state index in [9.17, 15) is 4.79 Å². The van der Waals surface area contributed by atoms with Gasteiger partial charge in [0.1, 0.15) is 5.69 Å². The Bertz CT molecular complexity index is 293. The highest BCUT2D eigenvalue weighted by molar-refractivity contribution is 5.92. The van der Waals surface area contributed by atoms with Crippen LogP contribution in [-0.4, -0.2) is 21.7 Å². The topological polar surface area (TPSA) is 46.9 Å². The van der Waals surface area contributed by atoms with Crippen molar-refractivity contribution in [3.8, 4) is 0 Å². The fourth-order valence-electron chi connectivity index (χ4n) is 0.936. The van der Waals surface area contributed by atoms with E-state index in [2.05, 4.69) is 10.4 Å². The molecular formula is C9H15N3O. The van der Waals surface area contributed by atoms with Gasteiger partial charge in [-0.25, -0.2) is 0 Å². The van der Waals surface area contributed by atoms with Crippen LogP contribution in [0.25, 0.3) is 0 Å². The first-order valence-electron chi connectivity index (χ1n) is 4.44. The molecule has 0 spiro atoms. The average molecular weight is 181 g/mol. The number of hydrogen-bond acceptors (Lipinski definition) is 2. The van der Waals surface area contributed by atoms with Gasteiger partial charge in [0.15, 0.2) is 0 Å². The predicted octanol–water partition coefficient (Wildman–Crippen LogP) is 0.948. The molecule has 0 saturated heterocycles. The minimum atomic E-state index is -0.102. The van der Waals surface area contributed by atoms with E-state index in [0.717, 1.165) is 6.42 Å². The highest BCUT2D eigenvalue weighted by Crippen LogP contribution is 1.96. The van der Waals surface area contributed by atoms with Crippen LogP contribution in [0.1, 0.15) is 30.8 Å². The molecule has 1 aromatic rings. The number of aromatic nitrogens is 2. The number of aryl methyl sites for hydroxylation is 1. The minimum absolute atomic E-state index is 0.102. The molecule has 0 bridgehead atoms. The molecule has 0 unspecified atom stereocenters. The molecular weight excluding hydrogens is 166 g/mol. The van der Waals surface area contributed by atoms with Crippen molar-refractivity contribution in [1.82, 2.24) is 15.1 Å². The first-order chi connectivity index (χ1) is 6.13. The second-order valence-electron chi connectivity index (χ2n) is 3.16. The molecule has 4 heteroatoms. The molecule has 0 aliphatic carbocycles. The summed E-state index contributed by atoms with van der Waals surface area (Å²) in [4.78, 5) is 11.4. The van der Waals surface area contributed by atoms with E-state index in [4.69, 9.17) is 0 Å². The van der Waals surface area contributed by atoms with E-state index in [0.29, 0.717) is 5.69 Å². The largest absolute Gasteiger partial charge is 0.348 e. The maximum atomic E-state index is 11.4. The Morgan fingerprint density at radius 3 is 2.92 bits per heavy atom. The Labute approximate surface area is 77.9 Å². The number of hydrogen-bond donors (Lipinski definition) is 1. The number of carbonyl (C=O) groups excluding carboxylic acids is 1. The third-order valence-corrected chi connectivity index (χ3v) is 1.94. The van der Waals surface area contributed by atoms with Crippen LogP contribution in [-0.2, 0) is 7.05 Å². The minimum Gasteiger partial charge on any atom is -0.348 e. The summed E-state index contributed by atoms with van der Waals surface area (Å²) in [5, 5.41) is 6.85. The first kappa shape index (κ1) is 9.77. The van der Waals surface area contributed by atoms with Crippen LogP contribution in [0.4, 0.5) is 0 Å². The molecule has 1 heterocycles. The Balaban J connectivity index is 2.58. The van der Waals surface area contributed by atoms with E-state index in [1.807, 2.05) is 13.8 Å². The Morgan fingerprint density at radius 2 is 2.46 bits per heavy atom. The Hall–Kier alpha value is -1.32. The zero-order chi connectivity index (χ0) is 9.84. The molecule has 0 fully saturated rings. The maximum Gasteiger partial charge on any atom is 0.271 e. The van der Waals surface area contributed by atoms with Crippen molar-refractivity contribution < 1.29 is 4.79 Å². The predicted molar refractivity (Wildman–Crippen MR) is 50.4 cm³/mol. The number of nitrogens with zero attached hydrogens (tertiary/aromatic N) is 2. The summed E-state index contributed by atoms with van der Waals surface area (Å²) in [6.45, 7) is 4.00. The number of carbonyl (C=O) groups is 1. The summed E-state index contributed by atoms with van der Waals surface area (Å²) >= 11 is 0. The molecule has 4 nitrogen and oxygen atoms in total.